The van der Waals surface area contributed by atoms with Crippen molar-refractivity contribution in [2.45, 2.75) is 19.9 Å². The number of benzene rings is 2. The maximum absolute atomic E-state index is 6.09. The van der Waals surface area contributed by atoms with Gasteiger partial charge in [0, 0.05) is 11.6 Å². The van der Waals surface area contributed by atoms with Crippen LogP contribution in [0.25, 0.3) is 0 Å². The van der Waals surface area contributed by atoms with Crippen molar-refractivity contribution in [3.8, 4) is 17.2 Å². The van der Waals surface area contributed by atoms with Gasteiger partial charge >= 0.3 is 0 Å². The molecule has 0 aromatic heterocycles. The Hall–Kier alpha value is -2.40. The summed E-state index contributed by atoms with van der Waals surface area (Å²) in [6.07, 6.45) is 0. The van der Waals surface area contributed by atoms with E-state index in [1.807, 2.05) is 6.07 Å². The van der Waals surface area contributed by atoms with Crippen LogP contribution in [0.1, 0.15) is 22.7 Å². The average molecular weight is 341 g/mol. The van der Waals surface area contributed by atoms with Crippen molar-refractivity contribution in [2.75, 3.05) is 32.7 Å². The number of fused-ring (bicyclic) bond motifs is 4. The van der Waals surface area contributed by atoms with Gasteiger partial charge in [0.15, 0.2) is 17.2 Å². The predicted octanol–water partition coefficient (Wildman–Crippen LogP) is 2.69. The molecule has 0 spiro atoms. The van der Waals surface area contributed by atoms with Gasteiger partial charge in [-0.3, -0.25) is 0 Å². The molecule has 0 saturated carbocycles. The summed E-state index contributed by atoms with van der Waals surface area (Å²) in [5.41, 5.74) is 6.23. The quantitative estimate of drug-likeness (QED) is 0.825. The Kier molecular flexibility index (Phi) is 3.96. The van der Waals surface area contributed by atoms with Gasteiger partial charge in [0.05, 0.1) is 45.0 Å². The molecule has 5 nitrogen and oxygen atoms in total. The van der Waals surface area contributed by atoms with Gasteiger partial charge in [-0.05, 0) is 43.2 Å². The van der Waals surface area contributed by atoms with Gasteiger partial charge in [0.1, 0.15) is 0 Å². The standard InChI is InChI=1S/C20H24N2O3/c1-11-7-15-16(8-12(11)2)22-18-13(9-21-15)10-25-19-14(18)5-6-17(23-3)20(19)24-4/h5-8,13,18,21-22H,9-10H2,1-4H3/p+1. The van der Waals surface area contributed by atoms with E-state index in [2.05, 4.69) is 42.7 Å². The highest BCUT2D eigenvalue weighted by molar-refractivity contribution is 5.67. The van der Waals surface area contributed by atoms with Crippen LogP contribution in [0.4, 0.5) is 11.4 Å². The minimum Gasteiger partial charge on any atom is -0.493 e. The first-order chi connectivity index (χ1) is 12.1. The zero-order valence-electron chi connectivity index (χ0n) is 15.2. The molecule has 2 aromatic rings. The third-order valence-electron chi connectivity index (χ3n) is 5.40. The Bertz CT molecular complexity index is 819. The highest BCUT2D eigenvalue weighted by atomic mass is 16.5. The number of ether oxygens (including phenoxy) is 3. The molecule has 0 fully saturated rings. The van der Waals surface area contributed by atoms with Crippen LogP contribution in [0.2, 0.25) is 0 Å². The van der Waals surface area contributed by atoms with Crippen LogP contribution < -0.4 is 24.8 Å². The van der Waals surface area contributed by atoms with Crippen molar-refractivity contribution < 1.29 is 19.5 Å². The molecule has 0 amide bonds. The van der Waals surface area contributed by atoms with Crippen molar-refractivity contribution in [1.82, 2.24) is 0 Å². The predicted molar refractivity (Wildman–Crippen MR) is 97.3 cm³/mol. The highest BCUT2D eigenvalue weighted by Gasteiger charge is 2.37. The summed E-state index contributed by atoms with van der Waals surface area (Å²) in [4.78, 5) is 0. The first-order valence-electron chi connectivity index (χ1n) is 8.71. The van der Waals surface area contributed by atoms with Gasteiger partial charge in [-0.1, -0.05) is 0 Å². The van der Waals surface area contributed by atoms with E-state index in [1.54, 1.807) is 14.2 Å². The Morgan fingerprint density at radius 3 is 2.68 bits per heavy atom. The van der Waals surface area contributed by atoms with Crippen LogP contribution in [-0.4, -0.2) is 27.4 Å². The van der Waals surface area contributed by atoms with E-state index >= 15 is 0 Å². The molecule has 0 bridgehead atoms. The third-order valence-corrected chi connectivity index (χ3v) is 5.40. The molecular formula is C20H25N2O3+. The maximum Gasteiger partial charge on any atom is 0.203 e. The Balaban J connectivity index is 1.79. The summed E-state index contributed by atoms with van der Waals surface area (Å²) < 4.78 is 17.1. The number of rotatable bonds is 2. The number of nitrogens with one attached hydrogen (secondary N) is 1. The van der Waals surface area contributed by atoms with Crippen molar-refractivity contribution >= 4 is 11.4 Å². The fourth-order valence-electron chi connectivity index (χ4n) is 3.83. The molecule has 25 heavy (non-hydrogen) atoms. The Labute approximate surface area is 148 Å². The van der Waals surface area contributed by atoms with E-state index < -0.39 is 0 Å². The van der Waals surface area contributed by atoms with Gasteiger partial charge in [0.2, 0.25) is 5.75 Å². The van der Waals surface area contributed by atoms with Crippen molar-refractivity contribution in [2.24, 2.45) is 5.92 Å². The lowest BCUT2D eigenvalue weighted by Gasteiger charge is -2.33. The molecule has 2 heterocycles. The van der Waals surface area contributed by atoms with Crippen LogP contribution in [0.5, 0.6) is 17.2 Å². The molecule has 5 heteroatoms. The van der Waals surface area contributed by atoms with E-state index in [-0.39, 0.29) is 6.04 Å². The topological polar surface area (TPSA) is 56.3 Å². The van der Waals surface area contributed by atoms with E-state index in [4.69, 9.17) is 14.2 Å². The summed E-state index contributed by atoms with van der Waals surface area (Å²) in [7, 11) is 3.30. The van der Waals surface area contributed by atoms with E-state index in [0.717, 1.165) is 17.9 Å². The number of hydrogen-bond acceptors (Lipinski definition) is 4. The third kappa shape index (κ3) is 2.59. The number of aryl methyl sites for hydroxylation is 2. The highest BCUT2D eigenvalue weighted by Crippen LogP contribution is 2.48. The zero-order valence-corrected chi connectivity index (χ0v) is 15.2. The molecule has 0 radical (unpaired) electrons. The lowest BCUT2D eigenvalue weighted by atomic mass is 9.90. The minimum absolute atomic E-state index is 0.197. The summed E-state index contributed by atoms with van der Waals surface area (Å²) >= 11 is 0. The first kappa shape index (κ1) is 16.1. The molecule has 2 aliphatic rings. The minimum atomic E-state index is 0.197. The number of anilines is 1. The number of nitrogens with two attached hydrogens (primary N) is 1. The monoisotopic (exact) mass is 341 g/mol. The number of methoxy groups -OCH3 is 2. The molecule has 2 aliphatic heterocycles. The lowest BCUT2D eigenvalue weighted by Crippen LogP contribution is -2.79. The SMILES string of the molecule is COc1ccc2c(c1OC)OCC1C[NH2+]c3cc(C)c(C)cc3NC21. The first-order valence-corrected chi connectivity index (χ1v) is 8.71. The number of quaternary nitrogens is 1. The van der Waals surface area contributed by atoms with Crippen molar-refractivity contribution in [1.29, 1.82) is 0 Å². The fraction of sp³-hybridized carbons (Fsp3) is 0.400. The summed E-state index contributed by atoms with van der Waals surface area (Å²) in [6, 6.07) is 8.77. The van der Waals surface area contributed by atoms with Gasteiger partial charge in [-0.2, -0.15) is 0 Å². The molecule has 2 atom stereocenters. The van der Waals surface area contributed by atoms with Gasteiger partial charge in [-0.15, -0.1) is 0 Å². The zero-order chi connectivity index (χ0) is 17.6. The Morgan fingerprint density at radius 2 is 1.92 bits per heavy atom. The van der Waals surface area contributed by atoms with Crippen LogP contribution >= 0.6 is 0 Å². The van der Waals surface area contributed by atoms with Gasteiger partial charge in [0.25, 0.3) is 0 Å². The number of hydrogen-bond donors (Lipinski definition) is 2. The van der Waals surface area contributed by atoms with Crippen molar-refractivity contribution in [3.05, 3.63) is 41.0 Å². The molecular weight excluding hydrogens is 316 g/mol. The second-order valence-corrected chi connectivity index (χ2v) is 6.88. The van der Waals surface area contributed by atoms with Crippen LogP contribution in [-0.2, 0) is 0 Å². The largest absolute Gasteiger partial charge is 0.493 e. The van der Waals surface area contributed by atoms with Gasteiger partial charge in [-0.25, -0.2) is 0 Å². The normalized spacial score (nSPS) is 21.0. The van der Waals surface area contributed by atoms with Crippen LogP contribution in [0.15, 0.2) is 24.3 Å². The second kappa shape index (κ2) is 6.15. The second-order valence-electron chi connectivity index (χ2n) is 6.88. The maximum atomic E-state index is 6.09. The molecule has 2 unspecified atom stereocenters. The fourth-order valence-corrected chi connectivity index (χ4v) is 3.83. The molecule has 2 aromatic carbocycles. The van der Waals surface area contributed by atoms with E-state index in [0.29, 0.717) is 24.0 Å². The van der Waals surface area contributed by atoms with Gasteiger partial charge < -0.3 is 24.8 Å². The van der Waals surface area contributed by atoms with E-state index in [1.165, 1.54) is 22.5 Å². The molecule has 3 N–H and O–H groups in total. The summed E-state index contributed by atoms with van der Waals surface area (Å²) in [5, 5.41) is 6.09. The Morgan fingerprint density at radius 1 is 1.12 bits per heavy atom. The summed E-state index contributed by atoms with van der Waals surface area (Å²) in [5.74, 6) is 2.56. The molecule has 4 rings (SSSR count). The van der Waals surface area contributed by atoms with Crippen LogP contribution in [0, 0.1) is 19.8 Å². The molecule has 132 valence electrons. The van der Waals surface area contributed by atoms with E-state index in [9.17, 15) is 0 Å². The van der Waals surface area contributed by atoms with Crippen LogP contribution in [0.3, 0.4) is 0 Å². The lowest BCUT2D eigenvalue weighted by molar-refractivity contribution is -0.577. The average Bonchev–Trinajstić information content (AvgIpc) is 2.80. The van der Waals surface area contributed by atoms with Crippen molar-refractivity contribution in [3.63, 3.8) is 0 Å². The smallest absolute Gasteiger partial charge is 0.203 e. The molecule has 0 saturated heterocycles. The summed E-state index contributed by atoms with van der Waals surface area (Å²) in [6.45, 7) is 5.97. The molecule has 0 aliphatic carbocycles.